The Balaban J connectivity index is 2.21. The first-order valence-corrected chi connectivity index (χ1v) is 5.35. The van der Waals surface area contributed by atoms with Crippen LogP contribution in [0.15, 0.2) is 30.7 Å². The number of aryl methyl sites for hydroxylation is 1. The third kappa shape index (κ3) is 2.50. The van der Waals surface area contributed by atoms with E-state index >= 15 is 0 Å². The second-order valence-corrected chi connectivity index (χ2v) is 3.59. The molecule has 2 heterocycles. The highest BCUT2D eigenvalue weighted by atomic mass is 16.5. The van der Waals surface area contributed by atoms with E-state index in [1.807, 2.05) is 13.1 Å². The lowest BCUT2D eigenvalue weighted by Gasteiger charge is -2.03. The standard InChI is InChI=1S/C12H13N3O2/c1-3-17-12(16)10-4-5-11(13-7-10)15-8-9(2)6-14-15/h4-8H,3H2,1-2H3. The van der Waals surface area contributed by atoms with Gasteiger partial charge in [0.15, 0.2) is 5.82 Å². The van der Waals surface area contributed by atoms with E-state index in [1.165, 1.54) is 6.20 Å². The Labute approximate surface area is 99.1 Å². The number of pyridine rings is 1. The monoisotopic (exact) mass is 231 g/mol. The molecule has 0 saturated carbocycles. The summed E-state index contributed by atoms with van der Waals surface area (Å²) in [5.41, 5.74) is 1.50. The minimum atomic E-state index is -0.358. The molecule has 0 spiro atoms. The van der Waals surface area contributed by atoms with E-state index in [4.69, 9.17) is 4.74 Å². The molecule has 0 aliphatic heterocycles. The summed E-state index contributed by atoms with van der Waals surface area (Å²) < 4.78 is 6.53. The zero-order chi connectivity index (χ0) is 12.3. The van der Waals surface area contributed by atoms with Gasteiger partial charge in [-0.05, 0) is 31.5 Å². The number of hydrogen-bond donors (Lipinski definition) is 0. The van der Waals surface area contributed by atoms with Crippen molar-refractivity contribution in [1.82, 2.24) is 14.8 Å². The van der Waals surface area contributed by atoms with Crippen LogP contribution in [0.5, 0.6) is 0 Å². The summed E-state index contributed by atoms with van der Waals surface area (Å²) in [6.45, 7) is 4.08. The fourth-order valence-corrected chi connectivity index (χ4v) is 1.39. The van der Waals surface area contributed by atoms with Crippen molar-refractivity contribution in [1.29, 1.82) is 0 Å². The first-order chi connectivity index (χ1) is 8.20. The lowest BCUT2D eigenvalue weighted by Crippen LogP contribution is -2.06. The molecular formula is C12H13N3O2. The van der Waals surface area contributed by atoms with Crippen LogP contribution in [0.25, 0.3) is 5.82 Å². The van der Waals surface area contributed by atoms with Gasteiger partial charge in [-0.1, -0.05) is 0 Å². The van der Waals surface area contributed by atoms with Crippen molar-refractivity contribution in [3.05, 3.63) is 41.9 Å². The average molecular weight is 231 g/mol. The Morgan fingerprint density at radius 2 is 2.24 bits per heavy atom. The molecule has 5 heteroatoms. The second-order valence-electron chi connectivity index (χ2n) is 3.59. The zero-order valence-corrected chi connectivity index (χ0v) is 9.75. The van der Waals surface area contributed by atoms with Gasteiger partial charge in [0.05, 0.1) is 18.4 Å². The fraction of sp³-hybridized carbons (Fsp3) is 0.250. The molecule has 17 heavy (non-hydrogen) atoms. The van der Waals surface area contributed by atoms with Gasteiger partial charge in [-0.15, -0.1) is 0 Å². The molecule has 2 rings (SSSR count). The number of nitrogens with zero attached hydrogens (tertiary/aromatic N) is 3. The molecule has 2 aromatic heterocycles. The summed E-state index contributed by atoms with van der Waals surface area (Å²) in [6, 6.07) is 3.41. The van der Waals surface area contributed by atoms with Crippen LogP contribution in [0.3, 0.4) is 0 Å². The van der Waals surface area contributed by atoms with E-state index in [9.17, 15) is 4.79 Å². The minimum Gasteiger partial charge on any atom is -0.462 e. The highest BCUT2D eigenvalue weighted by molar-refractivity contribution is 5.89. The van der Waals surface area contributed by atoms with E-state index in [0.29, 0.717) is 18.0 Å². The van der Waals surface area contributed by atoms with Crippen LogP contribution < -0.4 is 0 Å². The van der Waals surface area contributed by atoms with E-state index in [-0.39, 0.29) is 5.97 Å². The maximum Gasteiger partial charge on any atom is 0.339 e. The Kier molecular flexibility index (Phi) is 3.18. The van der Waals surface area contributed by atoms with Crippen molar-refractivity contribution in [2.24, 2.45) is 0 Å². The molecule has 0 radical (unpaired) electrons. The average Bonchev–Trinajstić information content (AvgIpc) is 2.76. The molecule has 0 aliphatic carbocycles. The molecule has 2 aromatic rings. The highest BCUT2D eigenvalue weighted by Crippen LogP contribution is 2.07. The summed E-state index contributed by atoms with van der Waals surface area (Å²) in [6.07, 6.45) is 5.11. The number of hydrogen-bond acceptors (Lipinski definition) is 4. The van der Waals surface area contributed by atoms with Gasteiger partial charge in [-0.3, -0.25) is 0 Å². The smallest absolute Gasteiger partial charge is 0.339 e. The Hall–Kier alpha value is -2.17. The van der Waals surface area contributed by atoms with Crippen molar-refractivity contribution >= 4 is 5.97 Å². The fourth-order valence-electron chi connectivity index (χ4n) is 1.39. The molecule has 0 bridgehead atoms. The number of ether oxygens (including phenoxy) is 1. The van der Waals surface area contributed by atoms with Crippen LogP contribution in [0.2, 0.25) is 0 Å². The van der Waals surface area contributed by atoms with Crippen LogP contribution in [0.1, 0.15) is 22.8 Å². The lowest BCUT2D eigenvalue weighted by molar-refractivity contribution is 0.0526. The maximum absolute atomic E-state index is 11.4. The van der Waals surface area contributed by atoms with Crippen LogP contribution >= 0.6 is 0 Å². The number of esters is 1. The zero-order valence-electron chi connectivity index (χ0n) is 9.75. The quantitative estimate of drug-likeness (QED) is 0.755. The van der Waals surface area contributed by atoms with Crippen LogP contribution in [0, 0.1) is 6.92 Å². The first kappa shape index (κ1) is 11.3. The molecule has 0 unspecified atom stereocenters. The maximum atomic E-state index is 11.4. The normalized spacial score (nSPS) is 10.2. The summed E-state index contributed by atoms with van der Waals surface area (Å²) in [7, 11) is 0. The largest absolute Gasteiger partial charge is 0.462 e. The van der Waals surface area contributed by atoms with Crippen LogP contribution in [0.4, 0.5) is 0 Å². The predicted molar refractivity (Wildman–Crippen MR) is 62.1 cm³/mol. The lowest BCUT2D eigenvalue weighted by atomic mass is 10.3. The third-order valence-corrected chi connectivity index (χ3v) is 2.21. The van der Waals surface area contributed by atoms with Gasteiger partial charge >= 0.3 is 5.97 Å². The van der Waals surface area contributed by atoms with Gasteiger partial charge in [-0.2, -0.15) is 5.10 Å². The van der Waals surface area contributed by atoms with Gasteiger partial charge in [0.2, 0.25) is 0 Å². The van der Waals surface area contributed by atoms with Gasteiger partial charge in [0, 0.05) is 12.4 Å². The van der Waals surface area contributed by atoms with Crippen molar-refractivity contribution in [2.45, 2.75) is 13.8 Å². The molecule has 0 saturated heterocycles. The first-order valence-electron chi connectivity index (χ1n) is 5.35. The molecule has 0 aliphatic rings. The summed E-state index contributed by atoms with van der Waals surface area (Å²) in [5.74, 6) is 0.314. The van der Waals surface area contributed by atoms with Crippen molar-refractivity contribution in [2.75, 3.05) is 6.61 Å². The third-order valence-electron chi connectivity index (χ3n) is 2.21. The van der Waals surface area contributed by atoms with Gasteiger partial charge in [0.1, 0.15) is 0 Å². The molecule has 0 fully saturated rings. The SMILES string of the molecule is CCOC(=O)c1ccc(-n2cc(C)cn2)nc1. The number of carbonyl (C=O) groups excluding carboxylic acids is 1. The van der Waals surface area contributed by atoms with E-state index in [0.717, 1.165) is 5.56 Å². The summed E-state index contributed by atoms with van der Waals surface area (Å²) >= 11 is 0. The Morgan fingerprint density at radius 1 is 1.41 bits per heavy atom. The summed E-state index contributed by atoms with van der Waals surface area (Å²) in [5, 5.41) is 4.13. The number of aromatic nitrogens is 3. The molecule has 88 valence electrons. The van der Waals surface area contributed by atoms with Gasteiger partial charge in [-0.25, -0.2) is 14.5 Å². The Morgan fingerprint density at radius 3 is 2.76 bits per heavy atom. The summed E-state index contributed by atoms with van der Waals surface area (Å²) in [4.78, 5) is 15.6. The topological polar surface area (TPSA) is 57.0 Å². The van der Waals surface area contributed by atoms with E-state index < -0.39 is 0 Å². The molecular weight excluding hydrogens is 218 g/mol. The Bertz CT molecular complexity index is 517. The van der Waals surface area contributed by atoms with Crippen molar-refractivity contribution < 1.29 is 9.53 Å². The van der Waals surface area contributed by atoms with Gasteiger partial charge < -0.3 is 4.74 Å². The minimum absolute atomic E-state index is 0.358. The van der Waals surface area contributed by atoms with Crippen LogP contribution in [-0.2, 0) is 4.74 Å². The van der Waals surface area contributed by atoms with Crippen molar-refractivity contribution in [3.63, 3.8) is 0 Å². The van der Waals surface area contributed by atoms with E-state index in [2.05, 4.69) is 10.1 Å². The van der Waals surface area contributed by atoms with E-state index in [1.54, 1.807) is 29.9 Å². The molecule has 0 N–H and O–H groups in total. The number of carbonyl (C=O) groups is 1. The molecule has 0 amide bonds. The van der Waals surface area contributed by atoms with Crippen molar-refractivity contribution in [3.8, 4) is 5.82 Å². The highest BCUT2D eigenvalue weighted by Gasteiger charge is 2.07. The molecule has 0 aromatic carbocycles. The molecule has 5 nitrogen and oxygen atoms in total. The molecule has 0 atom stereocenters. The predicted octanol–water partition coefficient (Wildman–Crippen LogP) is 1.75. The number of rotatable bonds is 3. The van der Waals surface area contributed by atoms with Crippen LogP contribution in [-0.4, -0.2) is 27.3 Å². The van der Waals surface area contributed by atoms with Gasteiger partial charge in [0.25, 0.3) is 0 Å². The second kappa shape index (κ2) is 4.78.